The van der Waals surface area contributed by atoms with E-state index in [2.05, 4.69) is 22.1 Å². The number of benzene rings is 1. The van der Waals surface area contributed by atoms with Gasteiger partial charge in [0.05, 0.1) is 19.7 Å². The first kappa shape index (κ1) is 16.6. The number of likely N-dealkylation sites (tertiary alicyclic amines) is 1. The fraction of sp³-hybridized carbons (Fsp3) is 0.474. The molecule has 0 N–H and O–H groups in total. The number of methoxy groups -OCH3 is 1. The van der Waals surface area contributed by atoms with Gasteiger partial charge in [-0.3, -0.25) is 9.48 Å². The lowest BCUT2D eigenvalue weighted by molar-refractivity contribution is -0.132. The third kappa shape index (κ3) is 4.16. The zero-order valence-corrected chi connectivity index (χ0v) is 14.2. The Morgan fingerprint density at radius 3 is 2.88 bits per heavy atom. The van der Waals surface area contributed by atoms with Gasteiger partial charge >= 0.3 is 0 Å². The minimum atomic E-state index is 0.276. The third-order valence-electron chi connectivity index (χ3n) is 4.67. The zero-order valence-electron chi connectivity index (χ0n) is 14.2. The van der Waals surface area contributed by atoms with Crippen LogP contribution >= 0.6 is 0 Å². The standard InChI is InChI=1S/C19H25N3O2/c1-24-18-10-8-16(9-11-18)5-2-7-19(23)22-14-3-6-17(22)15-21-13-4-12-20-21/h4,8-13,17H,2-3,5-7,14-15H2,1H3/t17-/m0/s1. The van der Waals surface area contributed by atoms with Crippen LogP contribution in [0.3, 0.4) is 0 Å². The van der Waals surface area contributed by atoms with Crippen LogP contribution in [0.1, 0.15) is 31.2 Å². The summed E-state index contributed by atoms with van der Waals surface area (Å²) in [5, 5.41) is 4.26. The Kier molecular flexibility index (Phi) is 5.51. The summed E-state index contributed by atoms with van der Waals surface area (Å²) in [7, 11) is 1.67. The summed E-state index contributed by atoms with van der Waals surface area (Å²) in [6, 6.07) is 10.3. The largest absolute Gasteiger partial charge is 0.497 e. The summed E-state index contributed by atoms with van der Waals surface area (Å²) in [5.74, 6) is 1.14. The number of nitrogens with zero attached hydrogens (tertiary/aromatic N) is 3. The van der Waals surface area contributed by atoms with E-state index >= 15 is 0 Å². The summed E-state index contributed by atoms with van der Waals surface area (Å²) in [6.45, 7) is 1.69. The molecule has 0 spiro atoms. The molecule has 128 valence electrons. The number of carbonyl (C=O) groups is 1. The van der Waals surface area contributed by atoms with Crippen molar-refractivity contribution in [3.63, 3.8) is 0 Å². The number of aryl methyl sites for hydroxylation is 1. The third-order valence-corrected chi connectivity index (χ3v) is 4.67. The molecule has 0 aliphatic carbocycles. The van der Waals surface area contributed by atoms with Gasteiger partial charge < -0.3 is 9.64 Å². The smallest absolute Gasteiger partial charge is 0.222 e. The zero-order chi connectivity index (χ0) is 16.8. The number of aromatic nitrogens is 2. The first-order valence-corrected chi connectivity index (χ1v) is 8.66. The molecule has 1 amide bonds. The lowest BCUT2D eigenvalue weighted by Gasteiger charge is -2.24. The molecule has 0 unspecified atom stereocenters. The normalized spacial score (nSPS) is 17.2. The van der Waals surface area contributed by atoms with Gasteiger partial charge in [0.25, 0.3) is 0 Å². The molecule has 24 heavy (non-hydrogen) atoms. The molecule has 1 aromatic heterocycles. The fourth-order valence-corrected chi connectivity index (χ4v) is 3.36. The van der Waals surface area contributed by atoms with Gasteiger partial charge in [-0.25, -0.2) is 0 Å². The molecule has 2 aromatic rings. The average molecular weight is 327 g/mol. The summed E-state index contributed by atoms with van der Waals surface area (Å²) < 4.78 is 7.09. The molecule has 3 rings (SSSR count). The first-order chi connectivity index (χ1) is 11.8. The minimum Gasteiger partial charge on any atom is -0.497 e. The van der Waals surface area contributed by atoms with Crippen molar-refractivity contribution in [3.8, 4) is 5.75 Å². The molecule has 1 aliphatic rings. The Bertz CT molecular complexity index is 637. The molecule has 1 atom stereocenters. The fourth-order valence-electron chi connectivity index (χ4n) is 3.36. The second-order valence-electron chi connectivity index (χ2n) is 6.31. The minimum absolute atomic E-state index is 0.276. The maximum absolute atomic E-state index is 12.6. The molecule has 1 saturated heterocycles. The molecule has 5 heteroatoms. The van der Waals surface area contributed by atoms with Gasteiger partial charge in [-0.05, 0) is 49.4 Å². The van der Waals surface area contributed by atoms with E-state index in [-0.39, 0.29) is 5.91 Å². The molecule has 5 nitrogen and oxygen atoms in total. The van der Waals surface area contributed by atoms with Crippen LogP contribution in [-0.2, 0) is 17.8 Å². The van der Waals surface area contributed by atoms with E-state index < -0.39 is 0 Å². The van der Waals surface area contributed by atoms with Crippen LogP contribution in [0.5, 0.6) is 5.75 Å². The van der Waals surface area contributed by atoms with Crippen molar-refractivity contribution >= 4 is 5.91 Å². The van der Waals surface area contributed by atoms with Crippen LogP contribution in [0.25, 0.3) is 0 Å². The maximum Gasteiger partial charge on any atom is 0.222 e. The Labute approximate surface area is 143 Å². The quantitative estimate of drug-likeness (QED) is 0.785. The Morgan fingerprint density at radius 2 is 2.17 bits per heavy atom. The molecule has 0 saturated carbocycles. The van der Waals surface area contributed by atoms with Crippen LogP contribution in [-0.4, -0.2) is 40.3 Å². The highest BCUT2D eigenvalue weighted by atomic mass is 16.5. The number of carbonyl (C=O) groups excluding carboxylic acids is 1. The van der Waals surface area contributed by atoms with E-state index in [1.807, 2.05) is 29.1 Å². The van der Waals surface area contributed by atoms with Crippen LogP contribution in [0.4, 0.5) is 0 Å². The van der Waals surface area contributed by atoms with E-state index in [1.54, 1.807) is 13.3 Å². The van der Waals surface area contributed by atoms with Gasteiger partial charge in [0.1, 0.15) is 5.75 Å². The van der Waals surface area contributed by atoms with Gasteiger partial charge in [0.15, 0.2) is 0 Å². The van der Waals surface area contributed by atoms with Crippen LogP contribution in [0.2, 0.25) is 0 Å². The lowest BCUT2D eigenvalue weighted by atomic mass is 10.1. The number of hydrogen-bond acceptors (Lipinski definition) is 3. The molecular formula is C19H25N3O2. The van der Waals surface area contributed by atoms with E-state index in [4.69, 9.17) is 4.74 Å². The van der Waals surface area contributed by atoms with Crippen molar-refractivity contribution in [2.75, 3.05) is 13.7 Å². The Morgan fingerprint density at radius 1 is 1.33 bits per heavy atom. The van der Waals surface area contributed by atoms with Crippen molar-refractivity contribution < 1.29 is 9.53 Å². The lowest BCUT2D eigenvalue weighted by Crippen LogP contribution is -2.38. The highest BCUT2D eigenvalue weighted by Crippen LogP contribution is 2.21. The molecular weight excluding hydrogens is 302 g/mol. The Balaban J connectivity index is 1.46. The van der Waals surface area contributed by atoms with E-state index in [1.165, 1.54) is 5.56 Å². The second kappa shape index (κ2) is 7.99. The summed E-state index contributed by atoms with van der Waals surface area (Å²) in [6.07, 6.45) is 8.34. The second-order valence-corrected chi connectivity index (χ2v) is 6.31. The van der Waals surface area contributed by atoms with Crippen LogP contribution < -0.4 is 4.74 Å². The van der Waals surface area contributed by atoms with Crippen molar-refractivity contribution in [1.29, 1.82) is 0 Å². The van der Waals surface area contributed by atoms with Gasteiger partial charge in [-0.2, -0.15) is 5.10 Å². The molecule has 1 aliphatic heterocycles. The molecule has 0 bridgehead atoms. The molecule has 1 aromatic carbocycles. The van der Waals surface area contributed by atoms with Gasteiger partial charge in [-0.15, -0.1) is 0 Å². The molecule has 2 heterocycles. The van der Waals surface area contributed by atoms with Crippen molar-refractivity contribution in [2.45, 2.75) is 44.7 Å². The number of rotatable bonds is 7. The number of hydrogen-bond donors (Lipinski definition) is 0. The monoisotopic (exact) mass is 327 g/mol. The van der Waals surface area contributed by atoms with E-state index in [9.17, 15) is 4.79 Å². The van der Waals surface area contributed by atoms with E-state index in [0.717, 1.165) is 44.5 Å². The maximum atomic E-state index is 12.6. The van der Waals surface area contributed by atoms with Crippen molar-refractivity contribution in [3.05, 3.63) is 48.3 Å². The van der Waals surface area contributed by atoms with Crippen LogP contribution in [0, 0.1) is 0 Å². The SMILES string of the molecule is COc1ccc(CCCC(=O)N2CCC[C@H]2Cn2cccn2)cc1. The summed E-state index contributed by atoms with van der Waals surface area (Å²) >= 11 is 0. The van der Waals surface area contributed by atoms with Crippen molar-refractivity contribution in [2.24, 2.45) is 0 Å². The average Bonchev–Trinajstić information content (AvgIpc) is 3.28. The topological polar surface area (TPSA) is 47.4 Å². The van der Waals surface area contributed by atoms with Crippen molar-refractivity contribution in [1.82, 2.24) is 14.7 Å². The highest BCUT2D eigenvalue weighted by Gasteiger charge is 2.28. The van der Waals surface area contributed by atoms with Gasteiger partial charge in [-0.1, -0.05) is 12.1 Å². The van der Waals surface area contributed by atoms with Gasteiger partial charge in [0, 0.05) is 25.4 Å². The summed E-state index contributed by atoms with van der Waals surface area (Å²) in [4.78, 5) is 14.6. The van der Waals surface area contributed by atoms with E-state index in [0.29, 0.717) is 12.5 Å². The predicted molar refractivity (Wildman–Crippen MR) is 92.9 cm³/mol. The number of amides is 1. The molecule has 0 radical (unpaired) electrons. The first-order valence-electron chi connectivity index (χ1n) is 8.66. The predicted octanol–water partition coefficient (Wildman–Crippen LogP) is 2.91. The van der Waals surface area contributed by atoms with Gasteiger partial charge in [0.2, 0.25) is 5.91 Å². The summed E-state index contributed by atoms with van der Waals surface area (Å²) in [5.41, 5.74) is 1.25. The van der Waals surface area contributed by atoms with Crippen LogP contribution in [0.15, 0.2) is 42.7 Å². The Hall–Kier alpha value is -2.30. The highest BCUT2D eigenvalue weighted by molar-refractivity contribution is 5.76. The molecule has 1 fully saturated rings. The number of ether oxygens (including phenoxy) is 1.